The molecule has 3 heteroatoms. The predicted octanol–water partition coefficient (Wildman–Crippen LogP) is 7.06. The predicted molar refractivity (Wildman–Crippen MR) is 133 cm³/mol. The minimum atomic E-state index is 0.443. The topological polar surface area (TPSA) is 40.2 Å². The Morgan fingerprint density at radius 1 is 0.656 bits per heavy atom. The van der Waals surface area contributed by atoms with E-state index < -0.39 is 0 Å². The van der Waals surface area contributed by atoms with Gasteiger partial charge in [0.15, 0.2) is 0 Å². The summed E-state index contributed by atoms with van der Waals surface area (Å²) in [5.74, 6) is 0.730. The molecule has 0 fully saturated rings. The van der Waals surface area contributed by atoms with Gasteiger partial charge in [0.1, 0.15) is 11.3 Å². The van der Waals surface area contributed by atoms with Crippen molar-refractivity contribution in [3.05, 3.63) is 96.4 Å². The molecular formula is C29H22N2O. The summed E-state index contributed by atoms with van der Waals surface area (Å²) in [6.07, 6.45) is 0. The SMILES string of the molecule is CN(C)c1ccc2c(-c3cc4ccccc4c4ccccc34)c3ccc(=N)cc-3oc2c1. The van der Waals surface area contributed by atoms with E-state index in [2.05, 4.69) is 77.7 Å². The van der Waals surface area contributed by atoms with E-state index in [1.165, 1.54) is 27.1 Å². The Bertz CT molecular complexity index is 1680. The molecule has 0 saturated carbocycles. The second-order valence-electron chi connectivity index (χ2n) is 8.45. The minimum Gasteiger partial charge on any atom is -0.456 e. The van der Waals surface area contributed by atoms with Crippen molar-refractivity contribution < 1.29 is 4.42 Å². The number of anilines is 1. The summed E-state index contributed by atoms with van der Waals surface area (Å²) in [5.41, 5.74) is 5.25. The first-order valence-electron chi connectivity index (χ1n) is 10.7. The molecule has 0 amide bonds. The highest BCUT2D eigenvalue weighted by Gasteiger charge is 2.20. The number of nitrogens with one attached hydrogen (secondary N) is 1. The maximum atomic E-state index is 8.14. The Labute approximate surface area is 186 Å². The Morgan fingerprint density at radius 3 is 2.22 bits per heavy atom. The molecule has 6 rings (SSSR count). The van der Waals surface area contributed by atoms with Crippen LogP contribution in [0, 0.1) is 5.41 Å². The maximum Gasteiger partial charge on any atom is 0.137 e. The summed E-state index contributed by atoms with van der Waals surface area (Å²) in [4.78, 5) is 2.07. The molecular weight excluding hydrogens is 392 g/mol. The molecule has 0 unspecified atom stereocenters. The summed E-state index contributed by atoms with van der Waals surface area (Å²) in [5, 5.41) is 14.6. The highest BCUT2D eigenvalue weighted by Crippen LogP contribution is 2.44. The van der Waals surface area contributed by atoms with E-state index in [9.17, 15) is 0 Å². The summed E-state index contributed by atoms with van der Waals surface area (Å²) >= 11 is 0. The molecule has 1 N–H and O–H groups in total. The van der Waals surface area contributed by atoms with Crippen LogP contribution in [0.1, 0.15) is 0 Å². The number of rotatable bonds is 2. The van der Waals surface area contributed by atoms with Gasteiger partial charge in [0.25, 0.3) is 0 Å². The van der Waals surface area contributed by atoms with Gasteiger partial charge in [0.2, 0.25) is 0 Å². The second-order valence-corrected chi connectivity index (χ2v) is 8.45. The number of hydrogen-bond acceptors (Lipinski definition) is 3. The summed E-state index contributed by atoms with van der Waals surface area (Å²) < 4.78 is 6.33. The normalized spacial score (nSPS) is 11.6. The standard InChI is InChI=1S/C29H22N2O/c1-31(2)20-12-14-25-28(17-20)32-27-16-19(30)11-13-24(27)29(25)26-15-18-7-3-4-8-21(18)22-9-5-6-10-23(22)26/h3-17,30H,1-2H3. The van der Waals surface area contributed by atoms with E-state index >= 15 is 0 Å². The molecule has 1 heterocycles. The monoisotopic (exact) mass is 414 g/mol. The molecule has 4 aromatic carbocycles. The Kier molecular flexibility index (Phi) is 4.05. The number of benzene rings is 5. The lowest BCUT2D eigenvalue weighted by Crippen LogP contribution is -2.08. The molecule has 4 aromatic rings. The molecule has 1 aliphatic heterocycles. The fraction of sp³-hybridized carbons (Fsp3) is 0.0690. The zero-order chi connectivity index (χ0) is 21.8. The third-order valence-electron chi connectivity index (χ3n) is 6.26. The quantitative estimate of drug-likeness (QED) is 0.243. The lowest BCUT2D eigenvalue weighted by molar-refractivity contribution is 0.619. The number of nitrogens with zero attached hydrogens (tertiary/aromatic N) is 1. The molecule has 2 aliphatic rings. The van der Waals surface area contributed by atoms with Crippen molar-refractivity contribution >= 4 is 38.2 Å². The third kappa shape index (κ3) is 2.78. The lowest BCUT2D eigenvalue weighted by atomic mass is 9.88. The number of hydrogen-bond donors (Lipinski definition) is 1. The van der Waals surface area contributed by atoms with Crippen LogP contribution in [0.4, 0.5) is 5.69 Å². The first-order chi connectivity index (χ1) is 15.6. The highest BCUT2D eigenvalue weighted by molar-refractivity contribution is 6.17. The summed E-state index contributed by atoms with van der Waals surface area (Å²) in [7, 11) is 4.06. The van der Waals surface area contributed by atoms with Crippen molar-refractivity contribution in [2.75, 3.05) is 19.0 Å². The minimum absolute atomic E-state index is 0.443. The van der Waals surface area contributed by atoms with Crippen LogP contribution in [0.15, 0.2) is 95.4 Å². The zero-order valence-electron chi connectivity index (χ0n) is 18.0. The Morgan fingerprint density at radius 2 is 1.41 bits per heavy atom. The van der Waals surface area contributed by atoms with Crippen molar-refractivity contribution in [2.45, 2.75) is 0 Å². The molecule has 3 nitrogen and oxygen atoms in total. The van der Waals surface area contributed by atoms with Crippen LogP contribution in [-0.4, -0.2) is 14.1 Å². The van der Waals surface area contributed by atoms with Crippen LogP contribution in [-0.2, 0) is 0 Å². The molecule has 0 aromatic heterocycles. The second kappa shape index (κ2) is 6.96. The van der Waals surface area contributed by atoms with Crippen LogP contribution in [0.5, 0.6) is 0 Å². The van der Waals surface area contributed by atoms with E-state index in [4.69, 9.17) is 9.83 Å². The van der Waals surface area contributed by atoms with Crippen LogP contribution < -0.4 is 10.3 Å². The van der Waals surface area contributed by atoms with Crippen molar-refractivity contribution in [3.63, 3.8) is 0 Å². The van der Waals surface area contributed by atoms with Gasteiger partial charge >= 0.3 is 0 Å². The van der Waals surface area contributed by atoms with Crippen LogP contribution in [0.2, 0.25) is 0 Å². The molecule has 32 heavy (non-hydrogen) atoms. The molecule has 154 valence electrons. The fourth-order valence-electron chi connectivity index (χ4n) is 4.71. The van der Waals surface area contributed by atoms with Crippen molar-refractivity contribution in [1.29, 1.82) is 5.41 Å². The Hall–Kier alpha value is -4.11. The van der Waals surface area contributed by atoms with Crippen molar-refractivity contribution in [1.82, 2.24) is 0 Å². The largest absolute Gasteiger partial charge is 0.456 e. The van der Waals surface area contributed by atoms with Gasteiger partial charge in [-0.3, -0.25) is 0 Å². The lowest BCUT2D eigenvalue weighted by Gasteiger charge is -2.19. The zero-order valence-corrected chi connectivity index (χ0v) is 18.0. The van der Waals surface area contributed by atoms with E-state index in [0.717, 1.165) is 33.5 Å². The van der Waals surface area contributed by atoms with Gasteiger partial charge in [-0.2, -0.15) is 0 Å². The van der Waals surface area contributed by atoms with Crippen LogP contribution in [0.25, 0.3) is 55.0 Å². The molecule has 0 bridgehead atoms. The smallest absolute Gasteiger partial charge is 0.137 e. The Balaban J connectivity index is 1.83. The van der Waals surface area contributed by atoms with Crippen molar-refractivity contribution in [3.8, 4) is 22.5 Å². The van der Waals surface area contributed by atoms with Crippen LogP contribution >= 0.6 is 0 Å². The first-order valence-corrected chi connectivity index (χ1v) is 10.7. The average Bonchev–Trinajstić information content (AvgIpc) is 2.81. The molecule has 0 radical (unpaired) electrons. The van der Waals surface area contributed by atoms with Gasteiger partial charge in [-0.25, -0.2) is 0 Å². The van der Waals surface area contributed by atoms with Crippen LogP contribution in [0.3, 0.4) is 0 Å². The molecule has 0 spiro atoms. The van der Waals surface area contributed by atoms with E-state index in [1.807, 2.05) is 32.3 Å². The average molecular weight is 415 g/mol. The van der Waals surface area contributed by atoms with E-state index in [0.29, 0.717) is 5.36 Å². The summed E-state index contributed by atoms with van der Waals surface area (Å²) in [6, 6.07) is 31.5. The van der Waals surface area contributed by atoms with Gasteiger partial charge in [-0.15, -0.1) is 0 Å². The molecule has 0 atom stereocenters. The molecule has 0 saturated heterocycles. The van der Waals surface area contributed by atoms with Gasteiger partial charge in [0.05, 0.1) is 5.36 Å². The summed E-state index contributed by atoms with van der Waals surface area (Å²) in [6.45, 7) is 0. The maximum absolute atomic E-state index is 8.14. The molecule has 1 aliphatic carbocycles. The first kappa shape index (κ1) is 18.6. The van der Waals surface area contributed by atoms with Gasteiger partial charge in [-0.1, -0.05) is 48.5 Å². The van der Waals surface area contributed by atoms with E-state index in [-0.39, 0.29) is 0 Å². The van der Waals surface area contributed by atoms with Gasteiger partial charge < -0.3 is 14.7 Å². The van der Waals surface area contributed by atoms with Crippen molar-refractivity contribution in [2.24, 2.45) is 0 Å². The third-order valence-corrected chi connectivity index (χ3v) is 6.26. The van der Waals surface area contributed by atoms with E-state index in [1.54, 1.807) is 0 Å². The number of fused-ring (bicyclic) bond motifs is 5. The fourth-order valence-corrected chi connectivity index (χ4v) is 4.71. The van der Waals surface area contributed by atoms with Gasteiger partial charge in [-0.05, 0) is 57.4 Å². The highest BCUT2D eigenvalue weighted by atomic mass is 16.3. The van der Waals surface area contributed by atoms with Gasteiger partial charge in [0, 0.05) is 48.4 Å².